The number of furan rings is 2. The van der Waals surface area contributed by atoms with Crippen LogP contribution in [0, 0.1) is 0 Å². The Labute approximate surface area is 332 Å². The third kappa shape index (κ3) is 4.51. The number of hydrogen-bond acceptors (Lipinski definition) is 2. The Kier molecular flexibility index (Phi) is 6.41. The van der Waals surface area contributed by atoms with Crippen molar-refractivity contribution in [2.75, 3.05) is 0 Å². The topological polar surface area (TPSA) is 36.1 Å². The van der Waals surface area contributed by atoms with Crippen molar-refractivity contribution in [3.63, 3.8) is 0 Å². The van der Waals surface area contributed by atoms with E-state index in [9.17, 15) is 0 Å². The van der Waals surface area contributed by atoms with Gasteiger partial charge in [-0.05, 0) is 107 Å². The molecule has 0 aliphatic heterocycles. The zero-order chi connectivity index (χ0) is 37.9. The summed E-state index contributed by atoms with van der Waals surface area (Å²) >= 11 is 0. The molecule has 270 valence electrons. The van der Waals surface area contributed by atoms with Gasteiger partial charge in [0.2, 0.25) is 0 Å². The fourth-order valence-corrected chi connectivity index (χ4v) is 9.42. The van der Waals surface area contributed by atoms with Crippen LogP contribution in [0.3, 0.4) is 0 Å². The molecule has 0 spiro atoms. The lowest BCUT2D eigenvalue weighted by molar-refractivity contribution is 0.668. The van der Waals surface area contributed by atoms with E-state index in [0.29, 0.717) is 0 Å². The molecular weight excluding hydrogens is 709 g/mol. The van der Waals surface area contributed by atoms with E-state index >= 15 is 0 Å². The molecule has 9 aromatic carbocycles. The third-order valence-corrected chi connectivity index (χ3v) is 12.1. The molecular formula is C54H32N2O2. The summed E-state index contributed by atoms with van der Waals surface area (Å²) in [6.45, 7) is 0. The van der Waals surface area contributed by atoms with E-state index in [1.54, 1.807) is 0 Å². The first-order valence-corrected chi connectivity index (χ1v) is 19.7. The van der Waals surface area contributed by atoms with E-state index in [1.807, 2.05) is 24.3 Å². The summed E-state index contributed by atoms with van der Waals surface area (Å²) in [5, 5.41) is 9.46. The number of aromatic nitrogens is 2. The number of hydrogen-bond donors (Lipinski definition) is 0. The van der Waals surface area contributed by atoms with Crippen LogP contribution >= 0.6 is 0 Å². The summed E-state index contributed by atoms with van der Waals surface area (Å²) < 4.78 is 17.1. The normalized spacial score (nSPS) is 12.1. The van der Waals surface area contributed by atoms with Crippen LogP contribution in [0.1, 0.15) is 0 Å². The fourth-order valence-electron chi connectivity index (χ4n) is 9.42. The number of fused-ring (bicyclic) bond motifs is 12. The second-order valence-corrected chi connectivity index (χ2v) is 15.3. The van der Waals surface area contributed by atoms with Crippen LogP contribution in [0.15, 0.2) is 203 Å². The smallest absolute Gasteiger partial charge is 0.135 e. The number of nitrogens with zero attached hydrogens (tertiary/aromatic N) is 2. The summed E-state index contributed by atoms with van der Waals surface area (Å²) in [7, 11) is 0. The lowest BCUT2D eigenvalue weighted by Gasteiger charge is -2.10. The van der Waals surface area contributed by atoms with Crippen LogP contribution in [-0.2, 0) is 0 Å². The Bertz CT molecular complexity index is 3550. The molecule has 4 heteroatoms. The first-order valence-electron chi connectivity index (χ1n) is 19.7. The van der Waals surface area contributed by atoms with Gasteiger partial charge in [0, 0.05) is 54.5 Å². The van der Waals surface area contributed by atoms with Gasteiger partial charge < -0.3 is 18.0 Å². The van der Waals surface area contributed by atoms with Crippen LogP contribution in [-0.4, -0.2) is 9.13 Å². The van der Waals surface area contributed by atoms with E-state index < -0.39 is 0 Å². The van der Waals surface area contributed by atoms with Gasteiger partial charge in [0.1, 0.15) is 22.3 Å². The van der Waals surface area contributed by atoms with Crippen molar-refractivity contribution < 1.29 is 8.83 Å². The molecule has 13 aromatic rings. The van der Waals surface area contributed by atoms with E-state index in [4.69, 9.17) is 8.83 Å². The minimum absolute atomic E-state index is 0.903. The highest BCUT2D eigenvalue weighted by atomic mass is 16.3. The van der Waals surface area contributed by atoms with Gasteiger partial charge >= 0.3 is 0 Å². The first-order chi connectivity index (χ1) is 28.7. The molecule has 13 rings (SSSR count). The van der Waals surface area contributed by atoms with Gasteiger partial charge in [-0.25, -0.2) is 0 Å². The molecule has 4 heterocycles. The Hall–Kier alpha value is -7.82. The van der Waals surface area contributed by atoms with E-state index in [-0.39, 0.29) is 0 Å². The monoisotopic (exact) mass is 740 g/mol. The highest BCUT2D eigenvalue weighted by molar-refractivity contribution is 6.13. The minimum Gasteiger partial charge on any atom is -0.456 e. The Balaban J connectivity index is 0.886. The van der Waals surface area contributed by atoms with Gasteiger partial charge in [-0.1, -0.05) is 109 Å². The molecule has 0 atom stereocenters. The van der Waals surface area contributed by atoms with Crippen molar-refractivity contribution in [1.82, 2.24) is 9.13 Å². The molecule has 0 radical (unpaired) electrons. The quantitative estimate of drug-likeness (QED) is 0.180. The van der Waals surface area contributed by atoms with Gasteiger partial charge in [-0.3, -0.25) is 0 Å². The van der Waals surface area contributed by atoms with Crippen molar-refractivity contribution in [1.29, 1.82) is 0 Å². The predicted molar refractivity (Wildman–Crippen MR) is 241 cm³/mol. The van der Waals surface area contributed by atoms with E-state index in [0.717, 1.165) is 55.3 Å². The molecule has 0 amide bonds. The van der Waals surface area contributed by atoms with Gasteiger partial charge in [-0.15, -0.1) is 0 Å². The Morgan fingerprint density at radius 2 is 0.603 bits per heavy atom. The molecule has 0 aliphatic carbocycles. The van der Waals surface area contributed by atoms with Crippen molar-refractivity contribution in [2.45, 2.75) is 0 Å². The summed E-state index contributed by atoms with van der Waals surface area (Å²) in [6.07, 6.45) is 0. The molecule has 4 aromatic heterocycles. The molecule has 0 aliphatic rings. The Morgan fingerprint density at radius 1 is 0.241 bits per heavy atom. The van der Waals surface area contributed by atoms with Crippen molar-refractivity contribution in [3.8, 4) is 33.6 Å². The second-order valence-electron chi connectivity index (χ2n) is 15.3. The highest BCUT2D eigenvalue weighted by Crippen LogP contribution is 2.40. The van der Waals surface area contributed by atoms with Crippen LogP contribution in [0.5, 0.6) is 0 Å². The average molecular weight is 741 g/mol. The summed E-state index contributed by atoms with van der Waals surface area (Å²) in [5.74, 6) is 0. The van der Waals surface area contributed by atoms with Crippen molar-refractivity contribution >= 4 is 87.5 Å². The Morgan fingerprint density at radius 3 is 1.07 bits per heavy atom. The van der Waals surface area contributed by atoms with E-state index in [1.165, 1.54) is 65.9 Å². The zero-order valence-corrected chi connectivity index (χ0v) is 31.2. The average Bonchev–Trinajstić information content (AvgIpc) is 4.03. The molecule has 4 nitrogen and oxygen atoms in total. The van der Waals surface area contributed by atoms with Gasteiger partial charge in [-0.2, -0.15) is 0 Å². The maximum absolute atomic E-state index is 6.16. The van der Waals surface area contributed by atoms with Crippen molar-refractivity contribution in [2.24, 2.45) is 0 Å². The standard InChI is InChI=1S/C54H32N2O2/c1-5-13-47-39(9-1)43-29-35(21-25-49(43)55(47)37-23-27-53-45(31-37)41-11-3-7-15-51(41)57-53)33-17-19-34(20-18-33)36-22-26-50-44(30-36)40-10-2-6-14-48(40)56(50)38-24-28-54-46(32-38)42-12-4-8-16-52(42)58-54/h1-32H. The molecule has 0 fully saturated rings. The SMILES string of the molecule is c1ccc2c(c1)oc1ccc(-n3c4ccccc4c4cc(-c5ccc(-c6ccc7c(c6)c6ccccc6n7-c6ccc7oc8ccccc8c7c6)cc5)ccc43)cc12. The lowest BCUT2D eigenvalue weighted by Crippen LogP contribution is -1.93. The van der Waals surface area contributed by atoms with Crippen molar-refractivity contribution in [3.05, 3.63) is 194 Å². The van der Waals surface area contributed by atoms with E-state index in [2.05, 4.69) is 179 Å². The fraction of sp³-hybridized carbons (Fsp3) is 0. The van der Waals surface area contributed by atoms with Gasteiger partial charge in [0.25, 0.3) is 0 Å². The molecule has 0 unspecified atom stereocenters. The minimum atomic E-state index is 0.903. The van der Waals surface area contributed by atoms with Crippen LogP contribution in [0.4, 0.5) is 0 Å². The largest absolute Gasteiger partial charge is 0.456 e. The molecule has 0 N–H and O–H groups in total. The van der Waals surface area contributed by atoms with Gasteiger partial charge in [0.05, 0.1) is 22.1 Å². The molecule has 58 heavy (non-hydrogen) atoms. The van der Waals surface area contributed by atoms with Crippen LogP contribution in [0.25, 0.3) is 121 Å². The predicted octanol–water partition coefficient (Wildman–Crippen LogP) is 15.0. The molecule has 0 saturated heterocycles. The second kappa shape index (κ2) is 11.8. The lowest BCUT2D eigenvalue weighted by atomic mass is 9.98. The molecule has 0 saturated carbocycles. The summed E-state index contributed by atoms with van der Waals surface area (Å²) in [5.41, 5.74) is 15.4. The highest BCUT2D eigenvalue weighted by Gasteiger charge is 2.17. The maximum Gasteiger partial charge on any atom is 0.135 e. The third-order valence-electron chi connectivity index (χ3n) is 12.1. The van der Waals surface area contributed by atoms with Gasteiger partial charge in [0.15, 0.2) is 0 Å². The summed E-state index contributed by atoms with van der Waals surface area (Å²) in [4.78, 5) is 0. The zero-order valence-electron chi connectivity index (χ0n) is 31.2. The number of para-hydroxylation sites is 4. The number of rotatable bonds is 4. The van der Waals surface area contributed by atoms with Crippen LogP contribution < -0.4 is 0 Å². The van der Waals surface area contributed by atoms with Crippen LogP contribution in [0.2, 0.25) is 0 Å². The maximum atomic E-state index is 6.16. The first kappa shape index (κ1) is 31.4. The summed E-state index contributed by atoms with van der Waals surface area (Å²) in [6, 6.07) is 69.8. The number of benzene rings is 9. The molecule has 0 bridgehead atoms.